The first-order chi connectivity index (χ1) is 25.4. The predicted molar refractivity (Wildman–Crippen MR) is 192 cm³/mol. The van der Waals surface area contributed by atoms with Crippen molar-refractivity contribution in [1.29, 1.82) is 0 Å². The van der Waals surface area contributed by atoms with Crippen LogP contribution in [-0.4, -0.2) is 74.9 Å². The van der Waals surface area contributed by atoms with Gasteiger partial charge in [0.05, 0.1) is 23.1 Å². The quantitative estimate of drug-likeness (QED) is 0.161. The van der Waals surface area contributed by atoms with E-state index in [2.05, 4.69) is 4.72 Å². The molecule has 5 rings (SSSR count). The number of hydrogen-bond donors (Lipinski definition) is 3. The Kier molecular flexibility index (Phi) is 14.7. The number of carbonyl (C=O) groups excluding carboxylic acids is 1. The van der Waals surface area contributed by atoms with E-state index in [-0.39, 0.29) is 24.0 Å². The van der Waals surface area contributed by atoms with Crippen LogP contribution in [0.2, 0.25) is 5.02 Å². The molecule has 0 bridgehead atoms. The molecular weight excluding hydrogens is 761 g/mol. The number of hydrogen-bond acceptors (Lipinski definition) is 7. The molecule has 1 saturated heterocycles. The van der Waals surface area contributed by atoms with Crippen LogP contribution in [0.1, 0.15) is 57.4 Å². The van der Waals surface area contributed by atoms with Gasteiger partial charge in [-0.05, 0) is 86.1 Å². The Morgan fingerprint density at radius 3 is 2.04 bits per heavy atom. The van der Waals surface area contributed by atoms with E-state index in [9.17, 15) is 26.4 Å². The van der Waals surface area contributed by atoms with Gasteiger partial charge < -0.3 is 25.2 Å². The highest BCUT2D eigenvalue weighted by Crippen LogP contribution is 2.37. The molecule has 54 heavy (non-hydrogen) atoms. The molecule has 1 heterocycles. The molecule has 296 valence electrons. The minimum atomic E-state index is -5.08. The van der Waals surface area contributed by atoms with E-state index >= 15 is 8.78 Å². The first-order valence-corrected chi connectivity index (χ1v) is 19.3. The Bertz CT molecular complexity index is 1820. The second kappa shape index (κ2) is 18.6. The number of carboxylic acid groups (broad SMARTS) is 1. The van der Waals surface area contributed by atoms with E-state index in [1.54, 1.807) is 18.2 Å². The number of nitrogens with zero attached hydrogens (tertiary/aromatic N) is 1. The fraction of sp³-hybridized carbons (Fsp3) is 0.459. The number of nitrogens with two attached hydrogens (primary N) is 1. The average molecular weight is 804 g/mol. The van der Waals surface area contributed by atoms with Crippen molar-refractivity contribution in [3.05, 3.63) is 77.3 Å². The Labute approximate surface area is 315 Å². The van der Waals surface area contributed by atoms with Crippen molar-refractivity contribution in [2.24, 2.45) is 11.7 Å². The Hall–Kier alpha value is -3.99. The minimum absolute atomic E-state index is 0.152. The summed E-state index contributed by atoms with van der Waals surface area (Å²) in [6.45, 7) is 3.07. The van der Waals surface area contributed by atoms with Crippen LogP contribution in [0.3, 0.4) is 0 Å². The Morgan fingerprint density at radius 1 is 0.907 bits per heavy atom. The van der Waals surface area contributed by atoms with Crippen LogP contribution in [0.4, 0.5) is 22.0 Å². The summed E-state index contributed by atoms with van der Waals surface area (Å²) in [6, 6.07) is 13.6. The van der Waals surface area contributed by atoms with Crippen molar-refractivity contribution >= 4 is 33.5 Å². The number of ether oxygens (including phenoxy) is 2. The van der Waals surface area contributed by atoms with Gasteiger partial charge in [-0.2, -0.15) is 26.7 Å². The molecule has 3 aromatic carbocycles. The second-order valence-corrected chi connectivity index (χ2v) is 15.2. The van der Waals surface area contributed by atoms with Crippen LogP contribution in [0.25, 0.3) is 11.1 Å². The number of nitrogens with one attached hydrogen (secondary N) is 1. The number of halogens is 6. The summed E-state index contributed by atoms with van der Waals surface area (Å²) >= 11 is 6.20. The number of sulfonamides is 1. The first kappa shape index (κ1) is 42.7. The van der Waals surface area contributed by atoms with Crippen LogP contribution >= 0.6 is 11.6 Å². The molecule has 10 nitrogen and oxygen atoms in total. The molecule has 4 N–H and O–H groups in total. The average Bonchev–Trinajstić information content (AvgIpc) is 3.14. The zero-order valence-electron chi connectivity index (χ0n) is 29.5. The summed E-state index contributed by atoms with van der Waals surface area (Å²) in [7, 11) is -4.55. The van der Waals surface area contributed by atoms with Gasteiger partial charge in [0.2, 0.25) is 15.9 Å². The normalized spacial score (nSPS) is 16.6. The third-order valence-corrected chi connectivity index (χ3v) is 10.9. The molecule has 0 spiro atoms. The molecule has 1 atom stereocenters. The number of likely N-dealkylation sites (tertiary alicyclic amines) is 1. The van der Waals surface area contributed by atoms with Crippen LogP contribution in [0.5, 0.6) is 11.5 Å². The molecule has 1 amide bonds. The summed E-state index contributed by atoms with van der Waals surface area (Å²) in [4.78, 5) is 23.6. The standard InChI is InChI=1S/C35H42ClF2N3O5S.C2HF3O2/c1-2-45-32-22-26(10-17-31(32)36)25-8-11-27(12-9-25)35(37,38)33(34(42)41-20-18-28(39)19-21-41)40-47(43,44)30-15-13-29(14-16-30)46-23-24-6-4-3-5-7-24;3-2(4,5)1(6)7/h8-17,22,24,28,33,40H,2-7,18-21,23,39H2,1H3;(H,6,7)/t33-;/m0./s1. The molecule has 1 saturated carbocycles. The largest absolute Gasteiger partial charge is 0.493 e. The van der Waals surface area contributed by atoms with E-state index in [0.717, 1.165) is 12.8 Å². The molecular formula is C37H43ClF5N3O7S. The number of piperidine rings is 1. The van der Waals surface area contributed by atoms with Gasteiger partial charge in [0.15, 0.2) is 6.04 Å². The molecule has 2 aliphatic rings. The summed E-state index contributed by atoms with van der Waals surface area (Å²) in [5, 5.41) is 7.55. The number of amides is 1. The monoisotopic (exact) mass is 803 g/mol. The number of benzene rings is 3. The molecule has 2 fully saturated rings. The summed E-state index contributed by atoms with van der Waals surface area (Å²) < 4.78 is 105. The maximum absolute atomic E-state index is 16.4. The Balaban J connectivity index is 0.000000845. The van der Waals surface area contributed by atoms with Crippen LogP contribution in [-0.2, 0) is 25.5 Å². The molecule has 0 unspecified atom stereocenters. The zero-order valence-corrected chi connectivity index (χ0v) is 31.0. The van der Waals surface area contributed by atoms with Gasteiger partial charge in [-0.1, -0.05) is 61.2 Å². The van der Waals surface area contributed by atoms with Crippen molar-refractivity contribution in [3.8, 4) is 22.6 Å². The van der Waals surface area contributed by atoms with Gasteiger partial charge in [-0.25, -0.2) is 13.2 Å². The molecule has 1 aliphatic carbocycles. The molecule has 17 heteroatoms. The summed E-state index contributed by atoms with van der Waals surface area (Å²) in [5.74, 6) is -6.26. The maximum Gasteiger partial charge on any atom is 0.490 e. The lowest BCUT2D eigenvalue weighted by Crippen LogP contribution is -2.57. The van der Waals surface area contributed by atoms with E-state index < -0.39 is 45.6 Å². The number of carbonyl (C=O) groups is 2. The third kappa shape index (κ3) is 11.5. The molecule has 0 radical (unpaired) electrons. The van der Waals surface area contributed by atoms with Crippen LogP contribution in [0.15, 0.2) is 71.6 Å². The topological polar surface area (TPSA) is 148 Å². The van der Waals surface area contributed by atoms with Gasteiger partial charge >= 0.3 is 12.1 Å². The maximum atomic E-state index is 16.4. The molecule has 1 aliphatic heterocycles. The number of rotatable bonds is 12. The highest BCUT2D eigenvalue weighted by Gasteiger charge is 2.50. The number of aliphatic carboxylic acids is 1. The van der Waals surface area contributed by atoms with Crippen molar-refractivity contribution in [1.82, 2.24) is 9.62 Å². The van der Waals surface area contributed by atoms with Crippen LogP contribution in [0, 0.1) is 5.92 Å². The van der Waals surface area contributed by atoms with E-state index in [4.69, 9.17) is 36.7 Å². The van der Waals surface area contributed by atoms with Gasteiger partial charge in [-0.3, -0.25) is 4.79 Å². The lowest BCUT2D eigenvalue weighted by atomic mass is 9.90. The lowest BCUT2D eigenvalue weighted by Gasteiger charge is -2.35. The van der Waals surface area contributed by atoms with Crippen molar-refractivity contribution in [2.75, 3.05) is 26.3 Å². The fourth-order valence-corrected chi connectivity index (χ4v) is 7.45. The zero-order chi connectivity index (χ0) is 39.7. The first-order valence-electron chi connectivity index (χ1n) is 17.4. The minimum Gasteiger partial charge on any atom is -0.493 e. The predicted octanol–water partition coefficient (Wildman–Crippen LogP) is 7.39. The van der Waals surface area contributed by atoms with Crippen LogP contribution < -0.4 is 19.9 Å². The van der Waals surface area contributed by atoms with E-state index in [1.165, 1.54) is 72.7 Å². The van der Waals surface area contributed by atoms with Crippen molar-refractivity contribution in [3.63, 3.8) is 0 Å². The van der Waals surface area contributed by atoms with E-state index in [1.807, 2.05) is 6.92 Å². The fourth-order valence-electron chi connectivity index (χ4n) is 6.09. The second-order valence-electron chi connectivity index (χ2n) is 13.1. The molecule has 0 aromatic heterocycles. The van der Waals surface area contributed by atoms with Crippen molar-refractivity contribution < 1.29 is 54.5 Å². The van der Waals surface area contributed by atoms with Gasteiger partial charge in [0.1, 0.15) is 11.5 Å². The molecule has 3 aromatic rings. The highest BCUT2D eigenvalue weighted by atomic mass is 35.5. The lowest BCUT2D eigenvalue weighted by molar-refractivity contribution is -0.192. The highest BCUT2D eigenvalue weighted by molar-refractivity contribution is 7.89. The Morgan fingerprint density at radius 2 is 1.48 bits per heavy atom. The summed E-state index contributed by atoms with van der Waals surface area (Å²) in [6.07, 6.45) is 1.55. The SMILES string of the molecule is CCOc1cc(-c2ccc(C(F)(F)[C@@H](NS(=O)(=O)c3ccc(OCC4CCCCC4)cc3)C(=O)N3CCC(N)CC3)cc2)ccc1Cl.O=C(O)C(F)(F)F. The number of carboxylic acids is 1. The third-order valence-electron chi connectivity index (χ3n) is 9.15. The van der Waals surface area contributed by atoms with Crippen molar-refractivity contribution in [2.45, 2.75) is 80.9 Å². The van der Waals surface area contributed by atoms with Gasteiger partial charge in [0.25, 0.3) is 5.92 Å². The summed E-state index contributed by atoms with van der Waals surface area (Å²) in [5.41, 5.74) is 6.77. The van der Waals surface area contributed by atoms with E-state index in [0.29, 0.717) is 59.6 Å². The smallest absolute Gasteiger partial charge is 0.490 e. The van der Waals surface area contributed by atoms with Gasteiger partial charge in [0, 0.05) is 24.7 Å². The van der Waals surface area contributed by atoms with Gasteiger partial charge in [-0.15, -0.1) is 0 Å². The number of alkyl halides is 5.